The number of ketones is 1. The second-order valence-electron chi connectivity index (χ2n) is 5.38. The van der Waals surface area contributed by atoms with Crippen LogP contribution >= 0.6 is 0 Å². The fraction of sp³-hybridized carbons (Fsp3) is 0.375. The van der Waals surface area contributed by atoms with Gasteiger partial charge in [-0.3, -0.25) is 14.8 Å². The lowest BCUT2D eigenvalue weighted by molar-refractivity contribution is -0.129. The monoisotopic (exact) mass is 273 g/mol. The topological polar surface area (TPSA) is 66.4 Å². The molecule has 0 aliphatic heterocycles. The molecule has 1 aliphatic carbocycles. The molecular weight excluding hydrogens is 254 g/mol. The molecule has 0 saturated heterocycles. The maximum Gasteiger partial charge on any atom is 0.243 e. The van der Waals surface area contributed by atoms with Crippen molar-refractivity contribution in [2.24, 2.45) is 5.41 Å². The molecule has 1 aliphatic rings. The van der Waals surface area contributed by atoms with Crippen molar-refractivity contribution in [1.82, 2.24) is 5.48 Å². The quantitative estimate of drug-likeness (QED) is 0.503. The normalized spacial score (nSPS) is 21.8. The summed E-state index contributed by atoms with van der Waals surface area (Å²) in [5.74, 6) is -0.276. The van der Waals surface area contributed by atoms with Gasteiger partial charge < -0.3 is 0 Å². The smallest absolute Gasteiger partial charge is 0.243 e. The third-order valence-corrected chi connectivity index (χ3v) is 3.84. The minimum atomic E-state index is -0.496. The average molecular weight is 273 g/mol. The van der Waals surface area contributed by atoms with Crippen molar-refractivity contribution in [2.45, 2.75) is 32.6 Å². The number of Topliss-reactive ketones (excluding diaryl/α,β-unsaturated/α-hetero) is 1. The van der Waals surface area contributed by atoms with Crippen LogP contribution in [0.25, 0.3) is 0 Å². The zero-order chi connectivity index (χ0) is 14.6. The van der Waals surface area contributed by atoms with Crippen LogP contribution in [-0.2, 0) is 11.2 Å². The van der Waals surface area contributed by atoms with Gasteiger partial charge >= 0.3 is 0 Å². The Morgan fingerprint density at radius 2 is 2.20 bits per heavy atom. The van der Waals surface area contributed by atoms with E-state index in [0.717, 1.165) is 24.0 Å². The van der Waals surface area contributed by atoms with Gasteiger partial charge in [0, 0.05) is 17.4 Å². The third kappa shape index (κ3) is 2.96. The number of amides is 1. The van der Waals surface area contributed by atoms with E-state index in [1.54, 1.807) is 5.48 Å². The number of benzene rings is 1. The highest BCUT2D eigenvalue weighted by Gasteiger charge is 2.35. The number of hydroxylamine groups is 1. The minimum Gasteiger partial charge on any atom is -0.293 e. The molecule has 106 valence electrons. The van der Waals surface area contributed by atoms with Gasteiger partial charge in [0.2, 0.25) is 5.91 Å². The van der Waals surface area contributed by atoms with Crippen LogP contribution in [0.15, 0.2) is 36.4 Å². The number of carbonyl (C=O) groups excluding carboxylic acids is 2. The van der Waals surface area contributed by atoms with Gasteiger partial charge in [-0.1, -0.05) is 36.4 Å². The molecule has 1 aromatic rings. The van der Waals surface area contributed by atoms with Gasteiger partial charge in [0.1, 0.15) is 0 Å². The van der Waals surface area contributed by atoms with E-state index in [0.29, 0.717) is 6.42 Å². The highest BCUT2D eigenvalue weighted by molar-refractivity contribution is 6.03. The van der Waals surface area contributed by atoms with E-state index in [4.69, 9.17) is 5.21 Å². The Bertz CT molecular complexity index is 550. The van der Waals surface area contributed by atoms with Gasteiger partial charge in [0.05, 0.1) is 0 Å². The van der Waals surface area contributed by atoms with Crippen LogP contribution in [-0.4, -0.2) is 16.9 Å². The first kappa shape index (κ1) is 14.5. The summed E-state index contributed by atoms with van der Waals surface area (Å²) in [5.41, 5.74) is 3.02. The molecule has 20 heavy (non-hydrogen) atoms. The highest BCUT2D eigenvalue weighted by Crippen LogP contribution is 2.36. The molecule has 0 fully saturated rings. The number of hydrogen-bond acceptors (Lipinski definition) is 3. The first-order valence-corrected chi connectivity index (χ1v) is 6.80. The van der Waals surface area contributed by atoms with Crippen LogP contribution in [0.4, 0.5) is 0 Å². The summed E-state index contributed by atoms with van der Waals surface area (Å²) in [5, 5.41) is 8.41. The number of fused-ring (bicyclic) bond motifs is 1. The van der Waals surface area contributed by atoms with E-state index < -0.39 is 11.3 Å². The van der Waals surface area contributed by atoms with Gasteiger partial charge in [-0.15, -0.1) is 0 Å². The third-order valence-electron chi connectivity index (χ3n) is 3.84. The van der Waals surface area contributed by atoms with E-state index in [1.165, 1.54) is 0 Å². The first-order valence-electron chi connectivity index (χ1n) is 6.80. The van der Waals surface area contributed by atoms with Crippen molar-refractivity contribution in [3.8, 4) is 0 Å². The lowest BCUT2D eigenvalue weighted by atomic mass is 9.71. The number of allylic oxidation sites excluding steroid dienone is 2. The molecule has 0 bridgehead atoms. The van der Waals surface area contributed by atoms with E-state index in [2.05, 4.69) is 0 Å². The molecule has 0 aromatic heterocycles. The number of nitrogens with one attached hydrogen (secondary N) is 1. The van der Waals surface area contributed by atoms with Crippen molar-refractivity contribution in [3.05, 3.63) is 47.5 Å². The van der Waals surface area contributed by atoms with Crippen molar-refractivity contribution in [2.75, 3.05) is 0 Å². The second kappa shape index (κ2) is 6.01. The Hall–Kier alpha value is -1.94. The van der Waals surface area contributed by atoms with E-state index in [1.807, 2.05) is 43.3 Å². The Labute approximate surface area is 118 Å². The fourth-order valence-electron chi connectivity index (χ4n) is 2.55. The van der Waals surface area contributed by atoms with E-state index in [9.17, 15) is 9.59 Å². The van der Waals surface area contributed by atoms with Crippen molar-refractivity contribution in [3.63, 3.8) is 0 Å². The molecule has 2 N–H and O–H groups in total. The molecule has 1 atom stereocenters. The maximum absolute atomic E-state index is 12.6. The molecule has 0 saturated carbocycles. The average Bonchev–Trinajstić information content (AvgIpc) is 2.48. The summed E-state index contributed by atoms with van der Waals surface area (Å²) in [6.07, 6.45) is 6.15. The first-order chi connectivity index (χ1) is 9.57. The van der Waals surface area contributed by atoms with Crippen molar-refractivity contribution in [1.29, 1.82) is 0 Å². The molecule has 0 radical (unpaired) electrons. The largest absolute Gasteiger partial charge is 0.293 e. The Morgan fingerprint density at radius 3 is 2.95 bits per heavy atom. The summed E-state index contributed by atoms with van der Waals surface area (Å²) in [4.78, 5) is 23.5. The fourth-order valence-corrected chi connectivity index (χ4v) is 2.55. The molecule has 0 spiro atoms. The van der Waals surface area contributed by atoms with Gasteiger partial charge in [0.15, 0.2) is 5.78 Å². The number of aryl methyl sites for hydroxylation is 1. The summed E-state index contributed by atoms with van der Waals surface area (Å²) in [6, 6.07) is 7.72. The number of hydrogen-bond donors (Lipinski definition) is 2. The van der Waals surface area contributed by atoms with Crippen LogP contribution in [0, 0.1) is 5.41 Å². The zero-order valence-corrected chi connectivity index (χ0v) is 11.6. The Balaban J connectivity index is 2.07. The lowest BCUT2D eigenvalue weighted by Crippen LogP contribution is -2.31. The molecule has 1 amide bonds. The van der Waals surface area contributed by atoms with Gasteiger partial charge in [-0.25, -0.2) is 5.48 Å². The Morgan fingerprint density at radius 1 is 1.45 bits per heavy atom. The van der Waals surface area contributed by atoms with Gasteiger partial charge in [0.25, 0.3) is 0 Å². The molecule has 4 heteroatoms. The van der Waals surface area contributed by atoms with E-state index in [-0.39, 0.29) is 12.2 Å². The van der Waals surface area contributed by atoms with Crippen LogP contribution in [0.5, 0.6) is 0 Å². The predicted molar refractivity (Wildman–Crippen MR) is 75.5 cm³/mol. The van der Waals surface area contributed by atoms with Crippen molar-refractivity contribution >= 4 is 11.7 Å². The van der Waals surface area contributed by atoms with Crippen LogP contribution in [0.1, 0.15) is 42.1 Å². The standard InChI is InChI=1S/C16H19NO3/c1-16(10-5-4-8-14(18)17-20)11-9-12-6-2-3-7-13(12)15(16)19/h2-3,5-7,10,20H,4,8-9,11H2,1H3,(H,17,18). The summed E-state index contributed by atoms with van der Waals surface area (Å²) >= 11 is 0. The van der Waals surface area contributed by atoms with Crippen molar-refractivity contribution < 1.29 is 14.8 Å². The lowest BCUT2D eigenvalue weighted by Gasteiger charge is -2.30. The van der Waals surface area contributed by atoms with Crippen LogP contribution in [0.2, 0.25) is 0 Å². The second-order valence-corrected chi connectivity index (χ2v) is 5.38. The Kier molecular flexibility index (Phi) is 4.35. The van der Waals surface area contributed by atoms with Gasteiger partial charge in [-0.05, 0) is 31.7 Å². The zero-order valence-electron chi connectivity index (χ0n) is 11.6. The molecule has 0 heterocycles. The highest BCUT2D eigenvalue weighted by atomic mass is 16.5. The SMILES string of the molecule is CC1(C=CCCC(=O)NO)CCc2ccccc2C1=O. The van der Waals surface area contributed by atoms with Gasteiger partial charge in [-0.2, -0.15) is 0 Å². The minimum absolute atomic E-state index is 0.141. The molecule has 4 nitrogen and oxygen atoms in total. The molecule has 1 aromatic carbocycles. The summed E-state index contributed by atoms with van der Waals surface area (Å²) < 4.78 is 0. The van der Waals surface area contributed by atoms with E-state index >= 15 is 0 Å². The summed E-state index contributed by atoms with van der Waals surface area (Å²) in [6.45, 7) is 1.94. The molecule has 1 unspecified atom stereocenters. The molecular formula is C16H19NO3. The maximum atomic E-state index is 12.6. The van der Waals surface area contributed by atoms with Crippen LogP contribution < -0.4 is 5.48 Å². The van der Waals surface area contributed by atoms with Crippen LogP contribution in [0.3, 0.4) is 0 Å². The number of rotatable bonds is 4. The molecule has 2 rings (SSSR count). The predicted octanol–water partition coefficient (Wildman–Crippen LogP) is 2.66. The summed E-state index contributed by atoms with van der Waals surface area (Å²) in [7, 11) is 0. The number of carbonyl (C=O) groups is 2.